The third kappa shape index (κ3) is 2.22. The maximum Gasteiger partial charge on any atom is 0.0951 e. The Morgan fingerprint density at radius 2 is 2.11 bits per heavy atom. The number of imidazole rings is 1. The highest BCUT2D eigenvalue weighted by molar-refractivity contribution is 5.81. The summed E-state index contributed by atoms with van der Waals surface area (Å²) in [4.78, 5) is 8.65. The van der Waals surface area contributed by atoms with E-state index in [1.165, 1.54) is 5.56 Å². The van der Waals surface area contributed by atoms with Gasteiger partial charge >= 0.3 is 0 Å². The number of para-hydroxylation sites is 1. The second-order valence-corrected chi connectivity index (χ2v) is 4.73. The molecule has 3 rings (SSSR count). The van der Waals surface area contributed by atoms with E-state index < -0.39 is 0 Å². The van der Waals surface area contributed by atoms with Gasteiger partial charge in [0.1, 0.15) is 0 Å². The number of hydrogen-bond donors (Lipinski definition) is 1. The molecular weight excluding hydrogens is 236 g/mol. The maximum absolute atomic E-state index is 5.95. The van der Waals surface area contributed by atoms with Crippen molar-refractivity contribution in [1.29, 1.82) is 0 Å². The number of fused-ring (bicyclic) bond motifs is 1. The first-order valence-electron chi connectivity index (χ1n) is 6.34. The molecule has 4 nitrogen and oxygen atoms in total. The fourth-order valence-corrected chi connectivity index (χ4v) is 2.32. The van der Waals surface area contributed by atoms with Crippen LogP contribution in [0.4, 0.5) is 0 Å². The monoisotopic (exact) mass is 252 g/mol. The molecule has 96 valence electrons. The molecular formula is C15H16N4. The lowest BCUT2D eigenvalue weighted by Gasteiger charge is -2.12. The molecule has 0 fully saturated rings. The Morgan fingerprint density at radius 3 is 2.95 bits per heavy atom. The number of rotatable bonds is 3. The Labute approximate surface area is 111 Å². The van der Waals surface area contributed by atoms with Crippen LogP contribution < -0.4 is 5.73 Å². The maximum atomic E-state index is 5.95. The summed E-state index contributed by atoms with van der Waals surface area (Å²) in [5, 5.41) is 1.16. The summed E-state index contributed by atoms with van der Waals surface area (Å²) in [5.41, 5.74) is 9.20. The second kappa shape index (κ2) is 4.82. The first kappa shape index (κ1) is 11.9. The lowest BCUT2D eigenvalue weighted by atomic mass is 10.1. The highest BCUT2D eigenvalue weighted by Gasteiger charge is 2.09. The zero-order chi connectivity index (χ0) is 13.2. The molecule has 19 heavy (non-hydrogen) atoms. The fraction of sp³-hybridized carbons (Fsp3) is 0.200. The van der Waals surface area contributed by atoms with Gasteiger partial charge < -0.3 is 10.3 Å². The Bertz CT molecular complexity index is 695. The van der Waals surface area contributed by atoms with Crippen LogP contribution >= 0.6 is 0 Å². The van der Waals surface area contributed by atoms with E-state index in [-0.39, 0.29) is 6.04 Å². The quantitative estimate of drug-likeness (QED) is 0.779. The van der Waals surface area contributed by atoms with Gasteiger partial charge in [-0.3, -0.25) is 4.98 Å². The van der Waals surface area contributed by atoms with Crippen LogP contribution in [0.25, 0.3) is 10.9 Å². The van der Waals surface area contributed by atoms with Crippen molar-refractivity contribution < 1.29 is 0 Å². The lowest BCUT2D eigenvalue weighted by molar-refractivity contribution is 0.676. The van der Waals surface area contributed by atoms with Gasteiger partial charge in [0.2, 0.25) is 0 Å². The van der Waals surface area contributed by atoms with Crippen molar-refractivity contribution in [2.45, 2.75) is 19.5 Å². The third-order valence-corrected chi connectivity index (χ3v) is 3.27. The summed E-state index contributed by atoms with van der Waals surface area (Å²) in [5.74, 6) is 0. The van der Waals surface area contributed by atoms with Gasteiger partial charge in [-0.15, -0.1) is 0 Å². The molecule has 1 atom stereocenters. The van der Waals surface area contributed by atoms with Crippen molar-refractivity contribution in [3.63, 3.8) is 0 Å². The zero-order valence-corrected chi connectivity index (χ0v) is 10.8. The molecule has 0 saturated carbocycles. The Kier molecular flexibility index (Phi) is 3.01. The van der Waals surface area contributed by atoms with Crippen molar-refractivity contribution in [3.8, 4) is 0 Å². The van der Waals surface area contributed by atoms with Crippen LogP contribution in [-0.2, 0) is 6.54 Å². The molecule has 0 aliphatic heterocycles. The van der Waals surface area contributed by atoms with Crippen molar-refractivity contribution >= 4 is 10.9 Å². The van der Waals surface area contributed by atoms with Gasteiger partial charge in [0.15, 0.2) is 0 Å². The Balaban J connectivity index is 2.04. The van der Waals surface area contributed by atoms with Crippen LogP contribution in [-0.4, -0.2) is 14.5 Å². The molecule has 2 heterocycles. The van der Waals surface area contributed by atoms with Crippen LogP contribution in [0.15, 0.2) is 49.1 Å². The standard InChI is InChI=1S/C15H16N4/c1-11(16)14-8-17-10-19(14)9-13-5-2-4-12-6-3-7-18-15(12)13/h2-8,10-11H,9,16H2,1H3. The largest absolute Gasteiger partial charge is 0.329 e. The molecule has 0 saturated heterocycles. The van der Waals surface area contributed by atoms with Crippen LogP contribution in [0.5, 0.6) is 0 Å². The molecule has 2 N–H and O–H groups in total. The molecule has 0 radical (unpaired) electrons. The average Bonchev–Trinajstić information content (AvgIpc) is 2.87. The van der Waals surface area contributed by atoms with E-state index in [1.54, 1.807) is 0 Å². The van der Waals surface area contributed by atoms with Gasteiger partial charge in [0.25, 0.3) is 0 Å². The summed E-state index contributed by atoms with van der Waals surface area (Å²) in [6.07, 6.45) is 5.47. The summed E-state index contributed by atoms with van der Waals surface area (Å²) in [6.45, 7) is 2.71. The highest BCUT2D eigenvalue weighted by atomic mass is 15.1. The predicted molar refractivity (Wildman–Crippen MR) is 75.7 cm³/mol. The molecule has 0 bridgehead atoms. The van der Waals surface area contributed by atoms with Gasteiger partial charge in [0.05, 0.1) is 24.1 Å². The molecule has 0 amide bonds. The SMILES string of the molecule is CC(N)c1cncn1Cc1cccc2cccnc12. The minimum Gasteiger partial charge on any atom is -0.329 e. The van der Waals surface area contributed by atoms with E-state index in [4.69, 9.17) is 5.73 Å². The number of aromatic nitrogens is 3. The topological polar surface area (TPSA) is 56.7 Å². The van der Waals surface area contributed by atoms with Crippen LogP contribution in [0.2, 0.25) is 0 Å². The van der Waals surface area contributed by atoms with Gasteiger partial charge in [0, 0.05) is 23.8 Å². The molecule has 1 aromatic carbocycles. The zero-order valence-electron chi connectivity index (χ0n) is 10.8. The Hall–Kier alpha value is -2.20. The predicted octanol–water partition coefficient (Wildman–Crippen LogP) is 2.50. The number of nitrogens with zero attached hydrogens (tertiary/aromatic N) is 3. The lowest BCUT2D eigenvalue weighted by Crippen LogP contribution is -2.12. The van der Waals surface area contributed by atoms with E-state index >= 15 is 0 Å². The van der Waals surface area contributed by atoms with Crippen LogP contribution in [0.3, 0.4) is 0 Å². The van der Waals surface area contributed by atoms with Gasteiger partial charge in [-0.05, 0) is 18.6 Å². The minimum atomic E-state index is -0.0227. The van der Waals surface area contributed by atoms with Crippen molar-refractivity contribution in [2.24, 2.45) is 5.73 Å². The number of pyridine rings is 1. The van der Waals surface area contributed by atoms with Gasteiger partial charge in [-0.25, -0.2) is 4.98 Å². The average molecular weight is 252 g/mol. The molecule has 0 spiro atoms. The summed E-state index contributed by atoms with van der Waals surface area (Å²) in [6, 6.07) is 10.2. The van der Waals surface area contributed by atoms with Gasteiger partial charge in [-0.1, -0.05) is 24.3 Å². The number of nitrogens with two attached hydrogens (primary N) is 1. The first-order valence-corrected chi connectivity index (χ1v) is 6.34. The molecule has 1 unspecified atom stereocenters. The molecule has 0 aliphatic rings. The third-order valence-electron chi connectivity index (χ3n) is 3.27. The van der Waals surface area contributed by atoms with Crippen molar-refractivity contribution in [2.75, 3.05) is 0 Å². The van der Waals surface area contributed by atoms with E-state index in [0.29, 0.717) is 0 Å². The molecule has 2 aromatic heterocycles. The number of hydrogen-bond acceptors (Lipinski definition) is 3. The second-order valence-electron chi connectivity index (χ2n) is 4.73. The summed E-state index contributed by atoms with van der Waals surface area (Å²) < 4.78 is 2.08. The van der Waals surface area contributed by atoms with Crippen LogP contribution in [0, 0.1) is 0 Å². The number of benzene rings is 1. The smallest absolute Gasteiger partial charge is 0.0951 e. The van der Waals surface area contributed by atoms with E-state index in [0.717, 1.165) is 23.1 Å². The molecule has 0 aliphatic carbocycles. The molecule has 3 aromatic rings. The molecule has 4 heteroatoms. The van der Waals surface area contributed by atoms with Crippen LogP contribution in [0.1, 0.15) is 24.2 Å². The highest BCUT2D eigenvalue weighted by Crippen LogP contribution is 2.18. The first-order chi connectivity index (χ1) is 9.25. The van der Waals surface area contributed by atoms with Crippen molar-refractivity contribution in [3.05, 3.63) is 60.3 Å². The Morgan fingerprint density at radius 1 is 1.26 bits per heavy atom. The fourth-order valence-electron chi connectivity index (χ4n) is 2.32. The summed E-state index contributed by atoms with van der Waals surface area (Å²) in [7, 11) is 0. The van der Waals surface area contributed by atoms with Crippen molar-refractivity contribution in [1.82, 2.24) is 14.5 Å². The van der Waals surface area contributed by atoms with Gasteiger partial charge in [-0.2, -0.15) is 0 Å². The summed E-state index contributed by atoms with van der Waals surface area (Å²) >= 11 is 0. The van der Waals surface area contributed by atoms with E-state index in [1.807, 2.05) is 31.7 Å². The normalized spacial score (nSPS) is 12.7. The van der Waals surface area contributed by atoms with E-state index in [9.17, 15) is 0 Å². The minimum absolute atomic E-state index is 0.0227. The van der Waals surface area contributed by atoms with E-state index in [2.05, 4.69) is 38.8 Å².